The summed E-state index contributed by atoms with van der Waals surface area (Å²) < 4.78 is 24.1. The van der Waals surface area contributed by atoms with Crippen molar-refractivity contribution in [3.05, 3.63) is 35.4 Å². The molecule has 1 aromatic carbocycles. The van der Waals surface area contributed by atoms with E-state index in [1.807, 2.05) is 0 Å². The Bertz CT molecular complexity index is 625. The highest BCUT2D eigenvalue weighted by Crippen LogP contribution is 2.09. The van der Waals surface area contributed by atoms with Crippen molar-refractivity contribution >= 4 is 21.9 Å². The van der Waals surface area contributed by atoms with Crippen LogP contribution in [-0.4, -0.2) is 56.1 Å². The van der Waals surface area contributed by atoms with Crippen molar-refractivity contribution in [3.8, 4) is 0 Å². The van der Waals surface area contributed by atoms with Crippen molar-refractivity contribution in [3.63, 3.8) is 0 Å². The number of carbonyl (C=O) groups excluding carboxylic acids is 1. The van der Waals surface area contributed by atoms with Gasteiger partial charge in [-0.25, -0.2) is 17.5 Å². The third-order valence-electron chi connectivity index (χ3n) is 2.84. The molecule has 21 heavy (non-hydrogen) atoms. The molecule has 0 aliphatic rings. The molecular weight excluding hydrogens is 296 g/mol. The molecule has 0 atom stereocenters. The van der Waals surface area contributed by atoms with Gasteiger partial charge in [0.05, 0.1) is 17.7 Å². The Morgan fingerprint density at radius 3 is 2.43 bits per heavy atom. The second kappa shape index (κ2) is 7.19. The van der Waals surface area contributed by atoms with Crippen molar-refractivity contribution in [1.82, 2.24) is 9.62 Å². The second-order valence-corrected chi connectivity index (χ2v) is 6.89. The van der Waals surface area contributed by atoms with Gasteiger partial charge in [-0.05, 0) is 11.6 Å². The summed E-state index contributed by atoms with van der Waals surface area (Å²) >= 11 is 0. The van der Waals surface area contributed by atoms with Crippen LogP contribution in [0.15, 0.2) is 24.3 Å². The van der Waals surface area contributed by atoms with Gasteiger partial charge in [-0.1, -0.05) is 18.2 Å². The van der Waals surface area contributed by atoms with Gasteiger partial charge in [-0.15, -0.1) is 0 Å². The van der Waals surface area contributed by atoms with Gasteiger partial charge in [-0.3, -0.25) is 4.79 Å². The second-order valence-electron chi connectivity index (χ2n) is 4.59. The lowest BCUT2D eigenvalue weighted by Crippen LogP contribution is -2.34. The van der Waals surface area contributed by atoms with Crippen molar-refractivity contribution in [2.45, 2.75) is 6.42 Å². The molecule has 8 heteroatoms. The average molecular weight is 314 g/mol. The van der Waals surface area contributed by atoms with E-state index in [1.54, 1.807) is 18.2 Å². The molecule has 0 unspecified atom stereocenters. The first-order chi connectivity index (χ1) is 9.74. The summed E-state index contributed by atoms with van der Waals surface area (Å²) in [5, 5.41) is 11.5. The highest BCUT2D eigenvalue weighted by molar-refractivity contribution is 7.89. The first-order valence-corrected chi connectivity index (χ1v) is 7.83. The molecule has 7 nitrogen and oxygen atoms in total. The maximum atomic E-state index is 11.7. The van der Waals surface area contributed by atoms with E-state index in [2.05, 4.69) is 5.32 Å². The lowest BCUT2D eigenvalue weighted by atomic mass is 10.0. The minimum atomic E-state index is -3.36. The fraction of sp³-hybridized carbons (Fsp3) is 0.385. The first-order valence-electron chi connectivity index (χ1n) is 6.22. The van der Waals surface area contributed by atoms with Gasteiger partial charge in [0.25, 0.3) is 0 Å². The number of hydrogen-bond donors (Lipinski definition) is 2. The van der Waals surface area contributed by atoms with Crippen molar-refractivity contribution < 1.29 is 23.1 Å². The molecule has 1 aromatic rings. The Balaban J connectivity index is 2.58. The standard InChI is InChI=1S/C13H18N2O5S/c1-15(2)21(19,20)8-7-14-12(16)9-10-5-3-4-6-11(10)13(17)18/h3-6H,7-9H2,1-2H3,(H,14,16)(H,17,18). The quantitative estimate of drug-likeness (QED) is 0.733. The van der Waals surface area contributed by atoms with E-state index in [9.17, 15) is 18.0 Å². The summed E-state index contributed by atoms with van der Waals surface area (Å²) in [6.07, 6.45) is -0.107. The number of carboxylic acids is 1. The van der Waals surface area contributed by atoms with Crippen LogP contribution in [0.2, 0.25) is 0 Å². The van der Waals surface area contributed by atoms with Gasteiger partial charge < -0.3 is 10.4 Å². The van der Waals surface area contributed by atoms with Crippen LogP contribution < -0.4 is 5.32 Å². The van der Waals surface area contributed by atoms with E-state index in [-0.39, 0.29) is 24.3 Å². The van der Waals surface area contributed by atoms with Crippen molar-refractivity contribution in [1.29, 1.82) is 0 Å². The van der Waals surface area contributed by atoms with Crippen LogP contribution in [0, 0.1) is 0 Å². The number of sulfonamides is 1. The fourth-order valence-corrected chi connectivity index (χ4v) is 2.35. The van der Waals surface area contributed by atoms with E-state index < -0.39 is 21.9 Å². The third-order valence-corrected chi connectivity index (χ3v) is 4.67. The van der Waals surface area contributed by atoms with Gasteiger partial charge in [0.2, 0.25) is 15.9 Å². The van der Waals surface area contributed by atoms with E-state index in [0.717, 1.165) is 4.31 Å². The number of hydrogen-bond acceptors (Lipinski definition) is 4. The molecule has 0 radical (unpaired) electrons. The van der Waals surface area contributed by atoms with Crippen LogP contribution in [-0.2, 0) is 21.2 Å². The van der Waals surface area contributed by atoms with E-state index >= 15 is 0 Å². The topological polar surface area (TPSA) is 104 Å². The van der Waals surface area contributed by atoms with Crippen LogP contribution in [0.3, 0.4) is 0 Å². The molecule has 1 rings (SSSR count). The molecule has 0 aliphatic heterocycles. The monoisotopic (exact) mass is 314 g/mol. The number of aromatic carboxylic acids is 1. The summed E-state index contributed by atoms with van der Waals surface area (Å²) in [5.74, 6) is -1.72. The molecule has 0 aliphatic carbocycles. The molecule has 0 bridgehead atoms. The largest absolute Gasteiger partial charge is 0.478 e. The zero-order valence-electron chi connectivity index (χ0n) is 11.9. The van der Waals surface area contributed by atoms with Crippen molar-refractivity contribution in [2.24, 2.45) is 0 Å². The highest BCUT2D eigenvalue weighted by Gasteiger charge is 2.15. The molecule has 1 amide bonds. The average Bonchev–Trinajstić information content (AvgIpc) is 2.38. The highest BCUT2D eigenvalue weighted by atomic mass is 32.2. The Labute approximate surface area is 123 Å². The van der Waals surface area contributed by atoms with Gasteiger partial charge in [0.15, 0.2) is 0 Å². The summed E-state index contributed by atoms with van der Waals surface area (Å²) in [4.78, 5) is 22.7. The van der Waals surface area contributed by atoms with Crippen LogP contribution >= 0.6 is 0 Å². The first kappa shape index (κ1) is 17.1. The maximum absolute atomic E-state index is 11.7. The van der Waals surface area contributed by atoms with E-state index in [0.29, 0.717) is 5.56 Å². The summed E-state index contributed by atoms with van der Waals surface area (Å²) in [5.41, 5.74) is 0.450. The Morgan fingerprint density at radius 1 is 1.24 bits per heavy atom. The normalized spacial score (nSPS) is 11.4. The number of carbonyl (C=O) groups is 2. The lowest BCUT2D eigenvalue weighted by molar-refractivity contribution is -0.120. The summed E-state index contributed by atoms with van der Waals surface area (Å²) in [6, 6.07) is 6.20. The molecule has 0 fully saturated rings. The lowest BCUT2D eigenvalue weighted by Gasteiger charge is -2.12. The number of rotatable bonds is 7. The number of nitrogens with zero attached hydrogens (tertiary/aromatic N) is 1. The van der Waals surface area contributed by atoms with Gasteiger partial charge in [-0.2, -0.15) is 0 Å². The molecular formula is C13H18N2O5S. The number of carboxylic acid groups (broad SMARTS) is 1. The van der Waals surface area contributed by atoms with Crippen molar-refractivity contribution in [2.75, 3.05) is 26.4 Å². The maximum Gasteiger partial charge on any atom is 0.335 e. The summed E-state index contributed by atoms with van der Waals surface area (Å²) in [6.45, 7) is -0.0193. The van der Waals surface area contributed by atoms with Crippen LogP contribution in [0.1, 0.15) is 15.9 Å². The van der Waals surface area contributed by atoms with Crippen LogP contribution in [0.5, 0.6) is 0 Å². The smallest absolute Gasteiger partial charge is 0.335 e. The SMILES string of the molecule is CN(C)S(=O)(=O)CCNC(=O)Cc1ccccc1C(=O)O. The molecule has 0 aromatic heterocycles. The number of amides is 1. The predicted molar refractivity (Wildman–Crippen MR) is 77.6 cm³/mol. The van der Waals surface area contributed by atoms with Crippen LogP contribution in [0.4, 0.5) is 0 Å². The molecule has 0 saturated heterocycles. The zero-order chi connectivity index (χ0) is 16.0. The minimum Gasteiger partial charge on any atom is -0.478 e. The Morgan fingerprint density at radius 2 is 1.86 bits per heavy atom. The van der Waals surface area contributed by atoms with E-state index in [4.69, 9.17) is 5.11 Å². The summed E-state index contributed by atoms with van der Waals surface area (Å²) in [7, 11) is -0.530. The molecule has 0 saturated carbocycles. The number of nitrogens with one attached hydrogen (secondary N) is 1. The molecule has 2 N–H and O–H groups in total. The minimum absolute atomic E-state index is 0.0193. The van der Waals surface area contributed by atoms with E-state index in [1.165, 1.54) is 20.2 Å². The molecule has 116 valence electrons. The third kappa shape index (κ3) is 5.16. The Kier molecular flexibility index (Phi) is 5.86. The number of benzene rings is 1. The van der Waals surface area contributed by atoms with Crippen LogP contribution in [0.25, 0.3) is 0 Å². The fourth-order valence-electron chi connectivity index (χ4n) is 1.62. The zero-order valence-corrected chi connectivity index (χ0v) is 12.7. The van der Waals surface area contributed by atoms with Gasteiger partial charge in [0.1, 0.15) is 0 Å². The van der Waals surface area contributed by atoms with Gasteiger partial charge in [0, 0.05) is 20.6 Å². The van der Waals surface area contributed by atoms with Gasteiger partial charge >= 0.3 is 5.97 Å². The Hall–Kier alpha value is -1.93. The predicted octanol–water partition coefficient (Wildman–Crippen LogP) is -0.0651. The molecule has 0 heterocycles. The molecule has 0 spiro atoms.